The topological polar surface area (TPSA) is 127 Å². The number of aliphatic imine (C=N–C) groups is 1. The Morgan fingerprint density at radius 2 is 1.71 bits per heavy atom. The first kappa shape index (κ1) is 19.5. The Balaban J connectivity index is 1.80. The van der Waals surface area contributed by atoms with E-state index in [1.165, 1.54) is 24.3 Å². The molecule has 0 spiro atoms. The quantitative estimate of drug-likeness (QED) is 0.376. The Hall–Kier alpha value is -3.24. The SMILES string of the molecule is Cc1ccc(NS(=O)(=O)c2ccc(N=Cc3c(O)[nH]c(=S)[nH]c3=O)cc2)cc1. The zero-order valence-electron chi connectivity index (χ0n) is 14.6. The van der Waals surface area contributed by atoms with Crippen molar-refractivity contribution in [3.05, 3.63) is 74.8 Å². The van der Waals surface area contributed by atoms with Crippen molar-refractivity contribution in [2.24, 2.45) is 4.99 Å². The molecule has 28 heavy (non-hydrogen) atoms. The number of nitrogens with one attached hydrogen (secondary N) is 3. The van der Waals surface area contributed by atoms with Crippen LogP contribution in [0.25, 0.3) is 0 Å². The minimum atomic E-state index is -3.74. The Labute approximate surface area is 165 Å². The van der Waals surface area contributed by atoms with Crippen molar-refractivity contribution in [1.82, 2.24) is 9.97 Å². The smallest absolute Gasteiger partial charge is 0.264 e. The van der Waals surface area contributed by atoms with Crippen LogP contribution in [0.5, 0.6) is 5.88 Å². The van der Waals surface area contributed by atoms with Gasteiger partial charge in [0.2, 0.25) is 5.88 Å². The number of benzene rings is 2. The van der Waals surface area contributed by atoms with E-state index in [-0.39, 0.29) is 15.2 Å². The van der Waals surface area contributed by atoms with E-state index in [1.54, 1.807) is 12.1 Å². The molecular weight excluding hydrogens is 400 g/mol. The highest BCUT2D eigenvalue weighted by atomic mass is 32.2. The molecule has 2 aromatic carbocycles. The highest BCUT2D eigenvalue weighted by Gasteiger charge is 2.14. The van der Waals surface area contributed by atoms with Crippen molar-refractivity contribution >= 4 is 39.8 Å². The van der Waals surface area contributed by atoms with Gasteiger partial charge in [0, 0.05) is 11.9 Å². The molecule has 1 heterocycles. The van der Waals surface area contributed by atoms with Gasteiger partial charge in [0.1, 0.15) is 5.56 Å². The molecule has 0 atom stereocenters. The molecule has 0 radical (unpaired) electrons. The second-order valence-electron chi connectivity index (χ2n) is 5.89. The lowest BCUT2D eigenvalue weighted by atomic mass is 10.2. The van der Waals surface area contributed by atoms with Gasteiger partial charge in [-0.05, 0) is 55.5 Å². The average Bonchev–Trinajstić information content (AvgIpc) is 2.63. The van der Waals surface area contributed by atoms with E-state index in [4.69, 9.17) is 12.2 Å². The summed E-state index contributed by atoms with van der Waals surface area (Å²) in [5, 5.41) is 9.74. The second kappa shape index (κ2) is 7.79. The molecule has 0 aliphatic carbocycles. The summed E-state index contributed by atoms with van der Waals surface area (Å²) in [6.07, 6.45) is 1.16. The summed E-state index contributed by atoms with van der Waals surface area (Å²) >= 11 is 4.75. The molecule has 144 valence electrons. The molecule has 8 nitrogen and oxygen atoms in total. The van der Waals surface area contributed by atoms with Crippen molar-refractivity contribution in [1.29, 1.82) is 0 Å². The first-order chi connectivity index (χ1) is 13.2. The number of rotatable bonds is 5. The fourth-order valence-electron chi connectivity index (χ4n) is 2.29. The van der Waals surface area contributed by atoms with Gasteiger partial charge >= 0.3 is 0 Å². The fraction of sp³-hybridized carbons (Fsp3) is 0.0556. The van der Waals surface area contributed by atoms with Gasteiger partial charge in [0.25, 0.3) is 15.6 Å². The molecule has 10 heteroatoms. The Morgan fingerprint density at radius 1 is 1.07 bits per heavy atom. The van der Waals surface area contributed by atoms with Crippen LogP contribution < -0.4 is 10.3 Å². The van der Waals surface area contributed by atoms with Crippen LogP contribution in [-0.4, -0.2) is 29.7 Å². The summed E-state index contributed by atoms with van der Waals surface area (Å²) in [5.74, 6) is -0.404. The van der Waals surface area contributed by atoms with E-state index in [2.05, 4.69) is 19.7 Å². The van der Waals surface area contributed by atoms with Crippen molar-refractivity contribution < 1.29 is 13.5 Å². The van der Waals surface area contributed by atoms with Gasteiger partial charge in [-0.15, -0.1) is 0 Å². The van der Waals surface area contributed by atoms with Crippen LogP contribution in [0, 0.1) is 11.7 Å². The zero-order chi connectivity index (χ0) is 20.3. The van der Waals surface area contributed by atoms with Crippen LogP contribution in [0.2, 0.25) is 0 Å². The Morgan fingerprint density at radius 3 is 2.32 bits per heavy atom. The number of aromatic hydroxyl groups is 1. The lowest BCUT2D eigenvalue weighted by Gasteiger charge is -2.08. The number of aromatic nitrogens is 2. The number of hydrogen-bond acceptors (Lipinski definition) is 6. The van der Waals surface area contributed by atoms with E-state index in [0.29, 0.717) is 11.4 Å². The number of nitrogens with zero attached hydrogens (tertiary/aromatic N) is 1. The largest absolute Gasteiger partial charge is 0.494 e. The van der Waals surface area contributed by atoms with Gasteiger partial charge in [0.15, 0.2) is 4.77 Å². The lowest BCUT2D eigenvalue weighted by Crippen LogP contribution is -2.13. The molecule has 4 N–H and O–H groups in total. The third-order valence-corrected chi connectivity index (χ3v) is 5.35. The minimum Gasteiger partial charge on any atom is -0.494 e. The standard InChI is InChI=1S/C18H16N4O4S2/c1-11-2-4-13(5-3-11)22-28(25,26)14-8-6-12(7-9-14)19-10-15-16(23)20-18(27)21-17(15)24/h2-10,22H,1H3,(H3,20,21,23,24,27). The van der Waals surface area contributed by atoms with E-state index in [0.717, 1.165) is 11.8 Å². The molecule has 0 saturated carbocycles. The Bertz CT molecular complexity index is 1240. The molecule has 0 amide bonds. The van der Waals surface area contributed by atoms with Crippen molar-refractivity contribution in [2.75, 3.05) is 4.72 Å². The van der Waals surface area contributed by atoms with E-state index < -0.39 is 21.5 Å². The molecule has 3 aromatic rings. The molecule has 0 aliphatic heterocycles. The van der Waals surface area contributed by atoms with Gasteiger partial charge in [-0.2, -0.15) is 0 Å². The summed E-state index contributed by atoms with van der Waals surface area (Å²) in [5.41, 5.74) is 1.20. The number of sulfonamides is 1. The van der Waals surface area contributed by atoms with E-state index >= 15 is 0 Å². The maximum atomic E-state index is 12.5. The number of hydrogen-bond donors (Lipinski definition) is 4. The number of aromatic amines is 2. The molecule has 0 bridgehead atoms. The lowest BCUT2D eigenvalue weighted by molar-refractivity contribution is 0.449. The molecule has 0 saturated heterocycles. The Kier molecular flexibility index (Phi) is 5.43. The summed E-state index contributed by atoms with van der Waals surface area (Å²) in [6.45, 7) is 1.91. The van der Waals surface area contributed by atoms with E-state index in [9.17, 15) is 18.3 Å². The highest BCUT2D eigenvalue weighted by molar-refractivity contribution is 7.92. The predicted molar refractivity (Wildman–Crippen MR) is 110 cm³/mol. The molecule has 0 unspecified atom stereocenters. The number of aryl methyl sites for hydroxylation is 1. The van der Waals surface area contributed by atoms with Crippen molar-refractivity contribution in [2.45, 2.75) is 11.8 Å². The van der Waals surface area contributed by atoms with Crippen LogP contribution in [0.1, 0.15) is 11.1 Å². The summed E-state index contributed by atoms with van der Waals surface area (Å²) in [7, 11) is -3.74. The van der Waals surface area contributed by atoms with E-state index in [1.807, 2.05) is 19.1 Å². The molecule has 0 fully saturated rings. The molecule has 1 aromatic heterocycles. The van der Waals surface area contributed by atoms with Gasteiger partial charge in [-0.3, -0.25) is 19.5 Å². The van der Waals surface area contributed by atoms with Crippen LogP contribution in [-0.2, 0) is 10.0 Å². The van der Waals surface area contributed by atoms with Gasteiger partial charge < -0.3 is 10.1 Å². The number of anilines is 1. The molecular formula is C18H16N4O4S2. The van der Waals surface area contributed by atoms with Crippen molar-refractivity contribution in [3.8, 4) is 5.88 Å². The van der Waals surface area contributed by atoms with Crippen LogP contribution >= 0.6 is 12.2 Å². The molecule has 0 aliphatic rings. The first-order valence-electron chi connectivity index (χ1n) is 8.04. The van der Waals surface area contributed by atoms with Crippen LogP contribution in [0.15, 0.2) is 63.2 Å². The second-order valence-corrected chi connectivity index (χ2v) is 7.98. The maximum absolute atomic E-state index is 12.5. The third-order valence-electron chi connectivity index (χ3n) is 3.75. The van der Waals surface area contributed by atoms with Crippen LogP contribution in [0.4, 0.5) is 11.4 Å². The fourth-order valence-corrected chi connectivity index (χ4v) is 3.54. The normalized spacial score (nSPS) is 11.6. The maximum Gasteiger partial charge on any atom is 0.264 e. The summed E-state index contributed by atoms with van der Waals surface area (Å²) in [4.78, 5) is 20.7. The van der Waals surface area contributed by atoms with Crippen molar-refractivity contribution in [3.63, 3.8) is 0 Å². The van der Waals surface area contributed by atoms with Crippen LogP contribution in [0.3, 0.4) is 0 Å². The molecule has 3 rings (SSSR count). The van der Waals surface area contributed by atoms with Gasteiger partial charge in [0.05, 0.1) is 10.6 Å². The highest BCUT2D eigenvalue weighted by Crippen LogP contribution is 2.20. The average molecular weight is 416 g/mol. The first-order valence-corrected chi connectivity index (χ1v) is 9.93. The summed E-state index contributed by atoms with van der Waals surface area (Å²) in [6, 6.07) is 12.7. The van der Waals surface area contributed by atoms with Gasteiger partial charge in [-0.25, -0.2) is 8.42 Å². The minimum absolute atomic E-state index is 0.00436. The monoisotopic (exact) mass is 416 g/mol. The summed E-state index contributed by atoms with van der Waals surface area (Å²) < 4.78 is 27.4. The van der Waals surface area contributed by atoms with Gasteiger partial charge in [-0.1, -0.05) is 17.7 Å². The zero-order valence-corrected chi connectivity index (χ0v) is 16.3. The number of H-pyrrole nitrogens is 2. The predicted octanol–water partition coefficient (Wildman–Crippen LogP) is 3.00. The third kappa shape index (κ3) is 4.53.